The molecule has 0 bridgehead atoms. The second-order valence-electron chi connectivity index (χ2n) is 8.15. The van der Waals surface area contributed by atoms with Gasteiger partial charge in [-0.3, -0.25) is 13.9 Å². The van der Waals surface area contributed by atoms with Gasteiger partial charge in [0.2, 0.25) is 0 Å². The summed E-state index contributed by atoms with van der Waals surface area (Å²) >= 11 is 0. The average molecular weight is 348 g/mol. The Labute approximate surface area is 147 Å². The van der Waals surface area contributed by atoms with Gasteiger partial charge in [-0.05, 0) is 20.3 Å². The number of aromatic nitrogens is 4. The van der Waals surface area contributed by atoms with Gasteiger partial charge in [0.1, 0.15) is 6.54 Å². The highest BCUT2D eigenvalue weighted by molar-refractivity contribution is 5.71. The van der Waals surface area contributed by atoms with Crippen LogP contribution < -0.4 is 16.1 Å². The molecular formula is C18H30N5O2+. The van der Waals surface area contributed by atoms with E-state index in [2.05, 4.69) is 27.7 Å². The largest absolute Gasteiger partial charge is 0.332 e. The number of aryl methyl sites for hydroxylation is 1. The van der Waals surface area contributed by atoms with Gasteiger partial charge in [-0.15, -0.1) is 0 Å². The van der Waals surface area contributed by atoms with E-state index in [0.717, 1.165) is 25.5 Å². The third-order valence-electron chi connectivity index (χ3n) is 5.37. The SMILES string of the molecule is CC(C)n1c(C[NH+]2C[C@H](C)C[C@H](C)C2)nc2c1c(=O)n(C)c(=O)n2C. The fraction of sp³-hybridized carbons (Fsp3) is 0.722. The maximum Gasteiger partial charge on any atom is 0.332 e. The molecule has 2 aromatic rings. The molecule has 1 fully saturated rings. The molecule has 3 atom stereocenters. The first-order valence-electron chi connectivity index (χ1n) is 9.21. The Morgan fingerprint density at radius 1 is 1.12 bits per heavy atom. The van der Waals surface area contributed by atoms with Crippen molar-refractivity contribution < 1.29 is 4.90 Å². The Hall–Kier alpha value is -1.89. The highest BCUT2D eigenvalue weighted by Crippen LogP contribution is 2.18. The first-order valence-corrected chi connectivity index (χ1v) is 9.21. The van der Waals surface area contributed by atoms with Crippen molar-refractivity contribution in [1.82, 2.24) is 18.7 Å². The molecule has 1 saturated heterocycles. The van der Waals surface area contributed by atoms with Crippen LogP contribution in [-0.2, 0) is 20.6 Å². The van der Waals surface area contributed by atoms with E-state index in [1.165, 1.54) is 27.5 Å². The number of piperidine rings is 1. The molecule has 25 heavy (non-hydrogen) atoms. The Bertz CT molecular complexity index is 895. The number of hydrogen-bond donors (Lipinski definition) is 1. The van der Waals surface area contributed by atoms with Gasteiger partial charge in [-0.2, -0.15) is 0 Å². The Balaban J connectivity index is 2.14. The molecule has 0 saturated carbocycles. The van der Waals surface area contributed by atoms with Gasteiger partial charge in [0.05, 0.1) is 13.1 Å². The van der Waals surface area contributed by atoms with Crippen LogP contribution in [-0.4, -0.2) is 31.8 Å². The minimum absolute atomic E-state index is 0.115. The number of imidazole rings is 1. The van der Waals surface area contributed by atoms with E-state index in [4.69, 9.17) is 4.98 Å². The Kier molecular flexibility index (Phi) is 4.62. The quantitative estimate of drug-likeness (QED) is 0.854. The maximum atomic E-state index is 12.7. The number of quaternary nitrogens is 1. The van der Waals surface area contributed by atoms with Crippen molar-refractivity contribution in [1.29, 1.82) is 0 Å². The van der Waals surface area contributed by atoms with E-state index in [1.54, 1.807) is 7.05 Å². The van der Waals surface area contributed by atoms with Crippen molar-refractivity contribution in [2.45, 2.75) is 46.7 Å². The second-order valence-corrected chi connectivity index (χ2v) is 8.15. The van der Waals surface area contributed by atoms with Crippen molar-refractivity contribution >= 4 is 11.2 Å². The van der Waals surface area contributed by atoms with Crippen LogP contribution in [0.4, 0.5) is 0 Å². The van der Waals surface area contributed by atoms with Crippen LogP contribution in [0.5, 0.6) is 0 Å². The lowest BCUT2D eigenvalue weighted by atomic mass is 9.92. The molecule has 0 spiro atoms. The lowest BCUT2D eigenvalue weighted by Gasteiger charge is -2.32. The van der Waals surface area contributed by atoms with Crippen molar-refractivity contribution in [3.63, 3.8) is 0 Å². The van der Waals surface area contributed by atoms with Crippen LogP contribution in [0.2, 0.25) is 0 Å². The van der Waals surface area contributed by atoms with E-state index in [1.807, 2.05) is 4.57 Å². The van der Waals surface area contributed by atoms with E-state index >= 15 is 0 Å². The van der Waals surface area contributed by atoms with E-state index in [-0.39, 0.29) is 17.3 Å². The fourth-order valence-electron chi connectivity index (χ4n) is 4.43. The van der Waals surface area contributed by atoms with Gasteiger partial charge in [-0.25, -0.2) is 9.78 Å². The summed E-state index contributed by atoms with van der Waals surface area (Å²) in [6.07, 6.45) is 1.28. The van der Waals surface area contributed by atoms with Gasteiger partial charge in [0.25, 0.3) is 5.56 Å². The van der Waals surface area contributed by atoms with Crippen molar-refractivity contribution in [3.8, 4) is 0 Å². The number of hydrogen-bond acceptors (Lipinski definition) is 3. The molecule has 7 nitrogen and oxygen atoms in total. The normalized spacial score (nSPS) is 24.4. The topological polar surface area (TPSA) is 66.3 Å². The van der Waals surface area contributed by atoms with Crippen LogP contribution in [0.15, 0.2) is 9.59 Å². The number of likely N-dealkylation sites (tertiary alicyclic amines) is 1. The standard InChI is InChI=1S/C18H29N5O2/c1-11(2)23-14(10-22-8-12(3)7-13(4)9-22)19-16-15(23)17(24)21(6)18(25)20(16)5/h11-13H,7-10H2,1-6H3/p+1/t12-,13+. The fourth-order valence-corrected chi connectivity index (χ4v) is 4.43. The summed E-state index contributed by atoms with van der Waals surface area (Å²) in [7, 11) is 3.21. The molecule has 1 aliphatic rings. The Morgan fingerprint density at radius 3 is 2.28 bits per heavy atom. The molecule has 0 amide bonds. The van der Waals surface area contributed by atoms with Crippen molar-refractivity contribution in [2.75, 3.05) is 13.1 Å². The van der Waals surface area contributed by atoms with Crippen LogP contribution in [0.3, 0.4) is 0 Å². The summed E-state index contributed by atoms with van der Waals surface area (Å²) in [5, 5.41) is 0. The van der Waals surface area contributed by atoms with E-state index < -0.39 is 0 Å². The van der Waals surface area contributed by atoms with Crippen LogP contribution in [0.1, 0.15) is 46.0 Å². The van der Waals surface area contributed by atoms with Crippen LogP contribution in [0.25, 0.3) is 11.2 Å². The highest BCUT2D eigenvalue weighted by atomic mass is 16.2. The summed E-state index contributed by atoms with van der Waals surface area (Å²) in [5.74, 6) is 2.31. The molecular weight excluding hydrogens is 318 g/mol. The molecule has 0 aliphatic carbocycles. The summed E-state index contributed by atoms with van der Waals surface area (Å²) in [6, 6.07) is 0.115. The minimum atomic E-state index is -0.329. The van der Waals surface area contributed by atoms with Gasteiger partial charge in [-0.1, -0.05) is 13.8 Å². The zero-order valence-electron chi connectivity index (χ0n) is 16.2. The van der Waals surface area contributed by atoms with Gasteiger partial charge >= 0.3 is 5.69 Å². The maximum absolute atomic E-state index is 12.7. The Morgan fingerprint density at radius 2 is 1.72 bits per heavy atom. The van der Waals surface area contributed by atoms with Crippen LogP contribution >= 0.6 is 0 Å². The molecule has 0 aromatic carbocycles. The predicted molar refractivity (Wildman–Crippen MR) is 97.9 cm³/mol. The molecule has 1 aliphatic heterocycles. The predicted octanol–water partition coefficient (Wildman–Crippen LogP) is 0.0754. The average Bonchev–Trinajstić information content (AvgIpc) is 2.89. The highest BCUT2D eigenvalue weighted by Gasteiger charge is 2.28. The van der Waals surface area contributed by atoms with Crippen molar-refractivity contribution in [3.05, 3.63) is 26.7 Å². The zero-order valence-corrected chi connectivity index (χ0v) is 16.2. The van der Waals surface area contributed by atoms with Gasteiger partial charge in [0, 0.05) is 32.0 Å². The number of nitrogens with zero attached hydrogens (tertiary/aromatic N) is 4. The smallest absolute Gasteiger partial charge is 0.328 e. The van der Waals surface area contributed by atoms with E-state index in [0.29, 0.717) is 23.0 Å². The number of fused-ring (bicyclic) bond motifs is 1. The number of rotatable bonds is 3. The monoisotopic (exact) mass is 348 g/mol. The molecule has 0 radical (unpaired) electrons. The summed E-state index contributed by atoms with van der Waals surface area (Å²) < 4.78 is 4.68. The molecule has 1 N–H and O–H groups in total. The van der Waals surface area contributed by atoms with Gasteiger partial charge < -0.3 is 9.47 Å². The summed E-state index contributed by atoms with van der Waals surface area (Å²) in [4.78, 5) is 31.2. The minimum Gasteiger partial charge on any atom is -0.328 e. The summed E-state index contributed by atoms with van der Waals surface area (Å²) in [5.41, 5.74) is 0.437. The third-order valence-corrected chi connectivity index (χ3v) is 5.37. The lowest BCUT2D eigenvalue weighted by molar-refractivity contribution is -0.926. The zero-order chi connectivity index (χ0) is 18.5. The lowest BCUT2D eigenvalue weighted by Crippen LogP contribution is -3.13. The molecule has 3 rings (SSSR count). The third kappa shape index (κ3) is 3.05. The second kappa shape index (κ2) is 6.44. The molecule has 3 heterocycles. The summed E-state index contributed by atoms with van der Waals surface area (Å²) in [6.45, 7) is 11.8. The first-order chi connectivity index (χ1) is 11.7. The van der Waals surface area contributed by atoms with Crippen LogP contribution in [0, 0.1) is 11.8 Å². The molecule has 7 heteroatoms. The molecule has 1 unspecified atom stereocenters. The van der Waals surface area contributed by atoms with Gasteiger partial charge in [0.15, 0.2) is 17.0 Å². The number of nitrogens with one attached hydrogen (secondary N) is 1. The molecule has 2 aromatic heterocycles. The molecule has 138 valence electrons. The first kappa shape index (κ1) is 17.9. The van der Waals surface area contributed by atoms with E-state index in [9.17, 15) is 9.59 Å². The van der Waals surface area contributed by atoms with Crippen molar-refractivity contribution in [2.24, 2.45) is 25.9 Å².